The van der Waals surface area contributed by atoms with Gasteiger partial charge in [-0.25, -0.2) is 0 Å². The van der Waals surface area contributed by atoms with E-state index in [-0.39, 0.29) is 29.7 Å². The number of phenolic OH excluding ortho intramolecular Hbond substituents is 1. The number of benzene rings is 2. The molecule has 0 fully saturated rings. The molecular formula is C17H19NO4. The maximum Gasteiger partial charge on any atom is 0.310 e. The molecule has 0 aliphatic rings. The van der Waals surface area contributed by atoms with E-state index in [1.54, 1.807) is 26.1 Å². The van der Waals surface area contributed by atoms with Gasteiger partial charge in [0.1, 0.15) is 5.75 Å². The minimum absolute atomic E-state index is 0.0683. The quantitative estimate of drug-likeness (QED) is 0.881. The molecule has 0 unspecified atom stereocenters. The molecule has 0 bridgehead atoms. The van der Waals surface area contributed by atoms with Crippen LogP contribution in [0.25, 0.3) is 10.8 Å². The lowest BCUT2D eigenvalue weighted by Crippen LogP contribution is -2.34. The van der Waals surface area contributed by atoms with Crippen molar-refractivity contribution in [3.63, 3.8) is 0 Å². The summed E-state index contributed by atoms with van der Waals surface area (Å²) in [4.78, 5) is 25.3. The average Bonchev–Trinajstić information content (AvgIpc) is 2.52. The molecule has 0 aliphatic carbocycles. The first kappa shape index (κ1) is 15.8. The van der Waals surface area contributed by atoms with Crippen LogP contribution in [0.4, 0.5) is 0 Å². The van der Waals surface area contributed by atoms with Gasteiger partial charge >= 0.3 is 5.97 Å². The van der Waals surface area contributed by atoms with Crippen molar-refractivity contribution in [1.29, 1.82) is 0 Å². The van der Waals surface area contributed by atoms with Crippen molar-refractivity contribution in [1.82, 2.24) is 4.90 Å². The molecule has 0 aromatic heterocycles. The van der Waals surface area contributed by atoms with Crippen molar-refractivity contribution in [2.75, 3.05) is 20.7 Å². The van der Waals surface area contributed by atoms with Crippen LogP contribution in [-0.4, -0.2) is 42.6 Å². The Kier molecular flexibility index (Phi) is 4.65. The van der Waals surface area contributed by atoms with Gasteiger partial charge in [-0.05, 0) is 22.9 Å². The van der Waals surface area contributed by atoms with Gasteiger partial charge in [-0.1, -0.05) is 31.2 Å². The van der Waals surface area contributed by atoms with Crippen molar-refractivity contribution >= 4 is 22.6 Å². The van der Waals surface area contributed by atoms with E-state index in [0.717, 1.165) is 10.8 Å². The number of methoxy groups -OCH3 is 1. The number of hydrogen-bond donors (Lipinski definition) is 1. The van der Waals surface area contributed by atoms with Crippen LogP contribution in [0.5, 0.6) is 5.75 Å². The Labute approximate surface area is 129 Å². The normalized spacial score (nSPS) is 12.0. The highest BCUT2D eigenvalue weighted by Crippen LogP contribution is 2.26. The van der Waals surface area contributed by atoms with Crippen LogP contribution in [0, 0.1) is 5.92 Å². The molecule has 0 saturated carbocycles. The maximum absolute atomic E-state index is 12.5. The second-order valence-electron chi connectivity index (χ2n) is 5.33. The average molecular weight is 301 g/mol. The Bertz CT molecular complexity index is 711. The Balaban J connectivity index is 2.25. The second kappa shape index (κ2) is 6.47. The predicted molar refractivity (Wildman–Crippen MR) is 83.8 cm³/mol. The van der Waals surface area contributed by atoms with Gasteiger partial charge in [-0.3, -0.25) is 9.59 Å². The van der Waals surface area contributed by atoms with Gasteiger partial charge in [0.15, 0.2) is 0 Å². The van der Waals surface area contributed by atoms with E-state index < -0.39 is 5.92 Å². The van der Waals surface area contributed by atoms with Crippen LogP contribution >= 0.6 is 0 Å². The SMILES string of the molecule is COC(=O)[C@@H](C)CN(C)C(=O)c1cc2ccccc2cc1O. The molecule has 0 spiro atoms. The van der Waals surface area contributed by atoms with Gasteiger partial charge in [0.05, 0.1) is 18.6 Å². The van der Waals surface area contributed by atoms with Crippen molar-refractivity contribution in [3.05, 3.63) is 42.0 Å². The largest absolute Gasteiger partial charge is 0.507 e. The van der Waals surface area contributed by atoms with E-state index in [4.69, 9.17) is 0 Å². The monoisotopic (exact) mass is 301 g/mol. The molecule has 0 aliphatic heterocycles. The Morgan fingerprint density at radius 1 is 1.23 bits per heavy atom. The van der Waals surface area contributed by atoms with E-state index in [1.165, 1.54) is 12.0 Å². The number of hydrogen-bond acceptors (Lipinski definition) is 4. The maximum atomic E-state index is 12.5. The summed E-state index contributed by atoms with van der Waals surface area (Å²) in [6.07, 6.45) is 0. The molecule has 0 radical (unpaired) electrons. The summed E-state index contributed by atoms with van der Waals surface area (Å²) in [6, 6.07) is 10.7. The number of ether oxygens (including phenoxy) is 1. The first-order chi connectivity index (χ1) is 10.4. The molecule has 116 valence electrons. The number of amides is 1. The Morgan fingerprint density at radius 3 is 2.41 bits per heavy atom. The van der Waals surface area contributed by atoms with Gasteiger partial charge in [-0.15, -0.1) is 0 Å². The summed E-state index contributed by atoms with van der Waals surface area (Å²) >= 11 is 0. The molecule has 22 heavy (non-hydrogen) atoms. The van der Waals surface area contributed by atoms with Crippen LogP contribution in [0.15, 0.2) is 36.4 Å². The fourth-order valence-electron chi connectivity index (χ4n) is 2.37. The van der Waals surface area contributed by atoms with E-state index in [9.17, 15) is 14.7 Å². The molecule has 2 rings (SSSR count). The third-order valence-corrected chi connectivity index (χ3v) is 3.59. The van der Waals surface area contributed by atoms with Crippen molar-refractivity contribution in [2.24, 2.45) is 5.92 Å². The van der Waals surface area contributed by atoms with Gasteiger partial charge in [0, 0.05) is 13.6 Å². The van der Waals surface area contributed by atoms with E-state index in [0.29, 0.717) is 0 Å². The van der Waals surface area contributed by atoms with Gasteiger partial charge in [-0.2, -0.15) is 0 Å². The highest BCUT2D eigenvalue weighted by Gasteiger charge is 2.21. The standard InChI is InChI=1S/C17H19NO4/c1-11(17(21)22-3)10-18(2)16(20)14-8-12-6-4-5-7-13(12)9-15(14)19/h4-9,11,19H,10H2,1-3H3/t11-/m0/s1. The van der Waals surface area contributed by atoms with Crippen LogP contribution < -0.4 is 0 Å². The third kappa shape index (κ3) is 3.19. The van der Waals surface area contributed by atoms with Gasteiger partial charge < -0.3 is 14.7 Å². The molecule has 1 amide bonds. The molecule has 1 atom stereocenters. The number of nitrogens with zero attached hydrogens (tertiary/aromatic N) is 1. The summed E-state index contributed by atoms with van der Waals surface area (Å²) in [5.41, 5.74) is 0.221. The lowest BCUT2D eigenvalue weighted by molar-refractivity contribution is -0.145. The van der Waals surface area contributed by atoms with Crippen LogP contribution in [-0.2, 0) is 9.53 Å². The third-order valence-electron chi connectivity index (χ3n) is 3.59. The number of esters is 1. The van der Waals surface area contributed by atoms with E-state index in [1.807, 2.05) is 24.3 Å². The van der Waals surface area contributed by atoms with Gasteiger partial charge in [0.2, 0.25) is 0 Å². The molecule has 1 N–H and O–H groups in total. The molecule has 5 heteroatoms. The Hall–Kier alpha value is -2.56. The highest BCUT2D eigenvalue weighted by atomic mass is 16.5. The summed E-state index contributed by atoms with van der Waals surface area (Å²) in [5, 5.41) is 11.8. The highest BCUT2D eigenvalue weighted by molar-refractivity contribution is 6.01. The Morgan fingerprint density at radius 2 is 1.82 bits per heavy atom. The molecule has 0 saturated heterocycles. The minimum Gasteiger partial charge on any atom is -0.507 e. The molecule has 5 nitrogen and oxygen atoms in total. The zero-order valence-electron chi connectivity index (χ0n) is 12.9. The number of rotatable bonds is 4. The second-order valence-corrected chi connectivity index (χ2v) is 5.33. The number of aromatic hydroxyl groups is 1. The number of phenols is 1. The lowest BCUT2D eigenvalue weighted by Gasteiger charge is -2.21. The zero-order chi connectivity index (χ0) is 16.3. The first-order valence-corrected chi connectivity index (χ1v) is 6.99. The fourth-order valence-corrected chi connectivity index (χ4v) is 2.37. The van der Waals surface area contributed by atoms with Crippen LogP contribution in [0.1, 0.15) is 17.3 Å². The minimum atomic E-state index is -0.429. The van der Waals surface area contributed by atoms with Crippen molar-refractivity contribution in [3.8, 4) is 5.75 Å². The summed E-state index contributed by atoms with van der Waals surface area (Å²) in [6.45, 7) is 1.91. The molecular weight excluding hydrogens is 282 g/mol. The number of carbonyl (C=O) groups excluding carboxylic acids is 2. The summed E-state index contributed by atoms with van der Waals surface area (Å²) < 4.78 is 4.65. The smallest absolute Gasteiger partial charge is 0.310 e. The topological polar surface area (TPSA) is 66.8 Å². The van der Waals surface area contributed by atoms with E-state index in [2.05, 4.69) is 4.74 Å². The van der Waals surface area contributed by atoms with Gasteiger partial charge in [0.25, 0.3) is 5.91 Å². The van der Waals surface area contributed by atoms with Crippen LogP contribution in [0.2, 0.25) is 0 Å². The van der Waals surface area contributed by atoms with Crippen molar-refractivity contribution < 1.29 is 19.4 Å². The first-order valence-electron chi connectivity index (χ1n) is 6.99. The predicted octanol–water partition coefficient (Wildman–Crippen LogP) is 2.43. The fraction of sp³-hybridized carbons (Fsp3) is 0.294. The summed E-state index contributed by atoms with van der Waals surface area (Å²) in [7, 11) is 2.91. The lowest BCUT2D eigenvalue weighted by atomic mass is 10.0. The molecule has 2 aromatic carbocycles. The number of carbonyl (C=O) groups is 2. The molecule has 2 aromatic rings. The van der Waals surface area contributed by atoms with Crippen LogP contribution in [0.3, 0.4) is 0 Å². The zero-order valence-corrected chi connectivity index (χ0v) is 12.9. The molecule has 0 heterocycles. The van der Waals surface area contributed by atoms with Crippen molar-refractivity contribution in [2.45, 2.75) is 6.92 Å². The van der Waals surface area contributed by atoms with E-state index >= 15 is 0 Å². The number of fused-ring (bicyclic) bond motifs is 1. The summed E-state index contributed by atoms with van der Waals surface area (Å²) in [5.74, 6) is -1.20.